The maximum Gasteiger partial charge on any atom is 0.191 e. The molecule has 0 aliphatic heterocycles. The number of thioether (sulfide) groups is 1. The van der Waals surface area contributed by atoms with Gasteiger partial charge in [-0.15, -0.1) is 10.2 Å². The van der Waals surface area contributed by atoms with Crippen LogP contribution in [-0.4, -0.2) is 14.8 Å². The molecule has 1 aromatic heterocycles. The summed E-state index contributed by atoms with van der Waals surface area (Å²) in [5, 5.41) is 10.8. The number of hydrogen-bond donors (Lipinski definition) is 0. The molecule has 0 unspecified atom stereocenters. The van der Waals surface area contributed by atoms with Gasteiger partial charge in [-0.05, 0) is 29.2 Å². The van der Waals surface area contributed by atoms with Crippen molar-refractivity contribution in [1.82, 2.24) is 14.8 Å². The molecule has 0 bridgehead atoms. The van der Waals surface area contributed by atoms with Crippen LogP contribution in [0.5, 0.6) is 0 Å². The molecule has 3 rings (SSSR count). The van der Waals surface area contributed by atoms with E-state index in [0.717, 1.165) is 22.1 Å². The zero-order valence-electron chi connectivity index (χ0n) is 14.3. The predicted molar refractivity (Wildman–Crippen MR) is 107 cm³/mol. The standard InChI is InChI=1S/C19H19Cl2N3S/c1-12(2)13-7-9-14(10-8-13)18-22-23-19(24(18)3)25-11-15-16(20)5-4-6-17(15)21/h4-10,12H,11H2,1-3H3. The van der Waals surface area contributed by atoms with Crippen LogP contribution in [0.1, 0.15) is 30.9 Å². The van der Waals surface area contributed by atoms with Gasteiger partial charge in [-0.3, -0.25) is 0 Å². The van der Waals surface area contributed by atoms with Gasteiger partial charge in [0.1, 0.15) is 0 Å². The van der Waals surface area contributed by atoms with Crippen LogP contribution >= 0.6 is 35.0 Å². The highest BCUT2D eigenvalue weighted by atomic mass is 35.5. The molecule has 3 nitrogen and oxygen atoms in total. The summed E-state index contributed by atoms with van der Waals surface area (Å²) in [5.41, 5.74) is 3.29. The monoisotopic (exact) mass is 391 g/mol. The highest BCUT2D eigenvalue weighted by molar-refractivity contribution is 7.98. The lowest BCUT2D eigenvalue weighted by atomic mass is 10.0. The number of aromatic nitrogens is 3. The lowest BCUT2D eigenvalue weighted by Crippen LogP contribution is -1.96. The molecule has 3 aromatic rings. The SMILES string of the molecule is CC(C)c1ccc(-c2nnc(SCc3c(Cl)cccc3Cl)n2C)cc1. The van der Waals surface area contributed by atoms with E-state index in [2.05, 4.69) is 48.3 Å². The molecular formula is C19H19Cl2N3S. The second kappa shape index (κ2) is 7.81. The quantitative estimate of drug-likeness (QED) is 0.484. The fourth-order valence-corrected chi connectivity index (χ4v) is 4.17. The van der Waals surface area contributed by atoms with Crippen LogP contribution in [0, 0.1) is 0 Å². The van der Waals surface area contributed by atoms with Gasteiger partial charge in [0, 0.05) is 28.4 Å². The number of halogens is 2. The first-order valence-corrected chi connectivity index (χ1v) is 9.77. The molecule has 0 saturated heterocycles. The minimum absolute atomic E-state index is 0.514. The number of rotatable bonds is 5. The van der Waals surface area contributed by atoms with Gasteiger partial charge in [-0.2, -0.15) is 0 Å². The molecule has 25 heavy (non-hydrogen) atoms. The van der Waals surface area contributed by atoms with E-state index >= 15 is 0 Å². The topological polar surface area (TPSA) is 30.7 Å². The summed E-state index contributed by atoms with van der Waals surface area (Å²) in [6.07, 6.45) is 0. The fourth-order valence-electron chi connectivity index (χ4n) is 2.52. The maximum atomic E-state index is 6.24. The first-order chi connectivity index (χ1) is 12.0. The predicted octanol–water partition coefficient (Wildman–Crippen LogP) is 6.20. The van der Waals surface area contributed by atoms with Gasteiger partial charge in [0.15, 0.2) is 11.0 Å². The molecule has 0 atom stereocenters. The first kappa shape index (κ1) is 18.3. The summed E-state index contributed by atoms with van der Waals surface area (Å²) < 4.78 is 2.00. The first-order valence-electron chi connectivity index (χ1n) is 8.02. The third-order valence-corrected chi connectivity index (χ3v) is 5.83. The van der Waals surface area contributed by atoms with Crippen molar-refractivity contribution in [3.05, 3.63) is 63.6 Å². The summed E-state index contributed by atoms with van der Waals surface area (Å²) in [5.74, 6) is 2.01. The van der Waals surface area contributed by atoms with Crippen LogP contribution in [0.25, 0.3) is 11.4 Å². The molecule has 1 heterocycles. The molecule has 0 amide bonds. The molecule has 130 valence electrons. The summed E-state index contributed by atoms with van der Waals surface area (Å²) in [4.78, 5) is 0. The van der Waals surface area contributed by atoms with E-state index in [1.54, 1.807) is 11.8 Å². The van der Waals surface area contributed by atoms with E-state index in [0.29, 0.717) is 21.7 Å². The van der Waals surface area contributed by atoms with Crippen molar-refractivity contribution < 1.29 is 0 Å². The van der Waals surface area contributed by atoms with Crippen molar-refractivity contribution in [3.8, 4) is 11.4 Å². The molecule has 0 radical (unpaired) electrons. The Labute approximate surface area is 162 Å². The Morgan fingerprint density at radius 3 is 2.24 bits per heavy atom. The molecule has 6 heteroatoms. The van der Waals surface area contributed by atoms with E-state index in [4.69, 9.17) is 23.2 Å². The summed E-state index contributed by atoms with van der Waals surface area (Å²) >= 11 is 14.0. The van der Waals surface area contributed by atoms with Gasteiger partial charge < -0.3 is 4.57 Å². The minimum atomic E-state index is 0.514. The largest absolute Gasteiger partial charge is 0.305 e. The number of benzene rings is 2. The van der Waals surface area contributed by atoms with E-state index in [-0.39, 0.29) is 0 Å². The Morgan fingerprint density at radius 1 is 1.00 bits per heavy atom. The van der Waals surface area contributed by atoms with Gasteiger partial charge in [-0.1, -0.05) is 79.1 Å². The normalized spacial score (nSPS) is 11.3. The highest BCUT2D eigenvalue weighted by Gasteiger charge is 2.13. The molecule has 0 aliphatic carbocycles. The van der Waals surface area contributed by atoms with Crippen LogP contribution in [-0.2, 0) is 12.8 Å². The zero-order valence-corrected chi connectivity index (χ0v) is 16.7. The molecule has 0 aliphatic rings. The Morgan fingerprint density at radius 2 is 1.64 bits per heavy atom. The van der Waals surface area contributed by atoms with E-state index in [9.17, 15) is 0 Å². The minimum Gasteiger partial charge on any atom is -0.305 e. The van der Waals surface area contributed by atoms with Crippen molar-refractivity contribution in [3.63, 3.8) is 0 Å². The highest BCUT2D eigenvalue weighted by Crippen LogP contribution is 2.32. The Kier molecular flexibility index (Phi) is 5.72. The Hall–Kier alpha value is -1.49. The van der Waals surface area contributed by atoms with Gasteiger partial charge in [0.25, 0.3) is 0 Å². The van der Waals surface area contributed by atoms with Gasteiger partial charge in [0.05, 0.1) is 0 Å². The van der Waals surface area contributed by atoms with Crippen molar-refractivity contribution in [2.75, 3.05) is 0 Å². The summed E-state index contributed by atoms with van der Waals surface area (Å²) in [6, 6.07) is 14.0. The lowest BCUT2D eigenvalue weighted by molar-refractivity contribution is 0.793. The van der Waals surface area contributed by atoms with Gasteiger partial charge >= 0.3 is 0 Å². The fraction of sp³-hybridized carbons (Fsp3) is 0.263. The van der Waals surface area contributed by atoms with Crippen molar-refractivity contribution in [1.29, 1.82) is 0 Å². The van der Waals surface area contributed by atoms with Crippen molar-refractivity contribution in [2.45, 2.75) is 30.7 Å². The van der Waals surface area contributed by atoms with E-state index in [1.165, 1.54) is 5.56 Å². The lowest BCUT2D eigenvalue weighted by Gasteiger charge is -2.08. The van der Waals surface area contributed by atoms with Crippen LogP contribution in [0.15, 0.2) is 47.6 Å². The van der Waals surface area contributed by atoms with E-state index < -0.39 is 0 Å². The maximum absolute atomic E-state index is 6.24. The smallest absolute Gasteiger partial charge is 0.191 e. The second-order valence-corrected chi connectivity index (χ2v) is 7.89. The summed E-state index contributed by atoms with van der Waals surface area (Å²) in [7, 11) is 1.97. The molecule has 0 spiro atoms. The van der Waals surface area contributed by atoms with Crippen LogP contribution in [0.2, 0.25) is 10.0 Å². The second-order valence-electron chi connectivity index (χ2n) is 6.13. The molecule has 2 aromatic carbocycles. The average molecular weight is 392 g/mol. The Balaban J connectivity index is 1.79. The molecule has 0 saturated carbocycles. The van der Waals surface area contributed by atoms with Gasteiger partial charge in [-0.25, -0.2) is 0 Å². The summed E-state index contributed by atoms with van der Waals surface area (Å²) in [6.45, 7) is 4.37. The van der Waals surface area contributed by atoms with Crippen molar-refractivity contribution >= 4 is 35.0 Å². The third kappa shape index (κ3) is 4.02. The Bertz CT molecular complexity index is 853. The molecule has 0 fully saturated rings. The number of hydrogen-bond acceptors (Lipinski definition) is 3. The van der Waals surface area contributed by atoms with Crippen LogP contribution in [0.3, 0.4) is 0 Å². The van der Waals surface area contributed by atoms with Crippen LogP contribution < -0.4 is 0 Å². The van der Waals surface area contributed by atoms with Gasteiger partial charge in [0.2, 0.25) is 0 Å². The molecule has 0 N–H and O–H groups in total. The average Bonchev–Trinajstić information content (AvgIpc) is 2.95. The van der Waals surface area contributed by atoms with E-state index in [1.807, 2.05) is 29.8 Å². The number of nitrogens with zero attached hydrogens (tertiary/aromatic N) is 3. The van der Waals surface area contributed by atoms with Crippen LogP contribution in [0.4, 0.5) is 0 Å². The third-order valence-electron chi connectivity index (χ3n) is 4.08. The molecular weight excluding hydrogens is 373 g/mol. The zero-order chi connectivity index (χ0) is 18.0. The van der Waals surface area contributed by atoms with Crippen molar-refractivity contribution in [2.24, 2.45) is 7.05 Å².